The van der Waals surface area contributed by atoms with Crippen LogP contribution in [0.4, 0.5) is 0 Å². The van der Waals surface area contributed by atoms with Crippen molar-refractivity contribution in [1.29, 1.82) is 0 Å². The first-order valence-electron chi connectivity index (χ1n) is 9.39. The summed E-state index contributed by atoms with van der Waals surface area (Å²) in [5.41, 5.74) is 4.78. The van der Waals surface area contributed by atoms with Gasteiger partial charge in [-0.2, -0.15) is 0 Å². The smallest absolute Gasteiger partial charge is 0.545 e. The van der Waals surface area contributed by atoms with E-state index in [1.165, 1.54) is 0 Å². The molecule has 0 aliphatic heterocycles. The van der Waals surface area contributed by atoms with Gasteiger partial charge < -0.3 is 14.6 Å². The molecule has 0 saturated heterocycles. The molecular formula is C25H18ClNaO3S. The van der Waals surface area contributed by atoms with E-state index < -0.39 is 5.97 Å². The molecule has 0 aliphatic carbocycles. The van der Waals surface area contributed by atoms with Gasteiger partial charge in [0.05, 0.1) is 5.97 Å². The van der Waals surface area contributed by atoms with Gasteiger partial charge in [0.15, 0.2) is 0 Å². The molecule has 0 saturated carbocycles. The fourth-order valence-corrected chi connectivity index (χ4v) is 4.43. The van der Waals surface area contributed by atoms with Crippen molar-refractivity contribution in [1.82, 2.24) is 0 Å². The topological polar surface area (TPSA) is 49.4 Å². The third kappa shape index (κ3) is 5.40. The maximum Gasteiger partial charge on any atom is 1.00 e. The minimum Gasteiger partial charge on any atom is -0.545 e. The molecule has 1 heterocycles. The molecule has 6 heteroatoms. The van der Waals surface area contributed by atoms with Gasteiger partial charge in [0.1, 0.15) is 12.4 Å². The van der Waals surface area contributed by atoms with Crippen LogP contribution in [0.3, 0.4) is 0 Å². The summed E-state index contributed by atoms with van der Waals surface area (Å²) in [6, 6.07) is 22.9. The number of hydrogen-bond donors (Lipinski definition) is 0. The summed E-state index contributed by atoms with van der Waals surface area (Å²) in [5.74, 6) is -0.428. The van der Waals surface area contributed by atoms with Gasteiger partial charge in [-0.25, -0.2) is 0 Å². The van der Waals surface area contributed by atoms with Crippen LogP contribution < -0.4 is 39.4 Å². The molecule has 0 spiro atoms. The number of thiophene rings is 1. The van der Waals surface area contributed by atoms with Crippen molar-refractivity contribution in [3.05, 3.63) is 99.9 Å². The normalized spacial score (nSPS) is 10.4. The van der Waals surface area contributed by atoms with Gasteiger partial charge in [0.2, 0.25) is 0 Å². The fraction of sp³-hybridized carbons (Fsp3) is 0.0800. The SMILES string of the molecule is Cc1cc(-c2sccc2-c2cc(Cl)ccc2OCc2ccccc2)ccc1C(=O)[O-].[Na+]. The molecule has 0 unspecified atom stereocenters. The number of rotatable bonds is 6. The summed E-state index contributed by atoms with van der Waals surface area (Å²) in [5, 5.41) is 13.9. The van der Waals surface area contributed by atoms with E-state index in [1.807, 2.05) is 72.1 Å². The van der Waals surface area contributed by atoms with Crippen molar-refractivity contribution >= 4 is 28.9 Å². The van der Waals surface area contributed by atoms with Crippen molar-refractivity contribution in [2.24, 2.45) is 0 Å². The summed E-state index contributed by atoms with van der Waals surface area (Å²) < 4.78 is 6.13. The van der Waals surface area contributed by atoms with Gasteiger partial charge in [-0.05, 0) is 59.3 Å². The first-order chi connectivity index (χ1) is 14.5. The number of aryl methyl sites for hydroxylation is 1. The Morgan fingerprint density at radius 3 is 2.48 bits per heavy atom. The summed E-state index contributed by atoms with van der Waals surface area (Å²) in [6.07, 6.45) is 0. The van der Waals surface area contributed by atoms with Crippen molar-refractivity contribution in [3.8, 4) is 27.3 Å². The minimum atomic E-state index is -1.17. The summed E-state index contributed by atoms with van der Waals surface area (Å²) in [7, 11) is 0. The van der Waals surface area contributed by atoms with Crippen LogP contribution in [-0.2, 0) is 6.61 Å². The third-order valence-corrected chi connectivity index (χ3v) is 6.04. The predicted octanol–water partition coefficient (Wildman–Crippen LogP) is 2.99. The molecule has 1 aromatic heterocycles. The zero-order valence-electron chi connectivity index (χ0n) is 17.2. The Balaban J connectivity index is 0.00000272. The zero-order chi connectivity index (χ0) is 21.1. The van der Waals surface area contributed by atoms with E-state index in [-0.39, 0.29) is 35.1 Å². The van der Waals surface area contributed by atoms with Crippen LogP contribution in [0.1, 0.15) is 21.5 Å². The quantitative estimate of drug-likeness (QED) is 0.419. The minimum absolute atomic E-state index is 0. The van der Waals surface area contributed by atoms with Crippen LogP contribution >= 0.6 is 22.9 Å². The molecule has 0 atom stereocenters. The number of carbonyl (C=O) groups excluding carboxylic acids is 1. The molecule has 4 rings (SSSR count). The predicted molar refractivity (Wildman–Crippen MR) is 120 cm³/mol. The van der Waals surface area contributed by atoms with E-state index in [1.54, 1.807) is 24.3 Å². The number of carbonyl (C=O) groups is 1. The molecule has 0 aliphatic rings. The van der Waals surface area contributed by atoms with E-state index in [2.05, 4.69) is 0 Å². The second kappa shape index (κ2) is 10.5. The molecular weight excluding hydrogens is 439 g/mol. The molecule has 0 amide bonds. The van der Waals surface area contributed by atoms with E-state index in [9.17, 15) is 9.90 Å². The molecule has 150 valence electrons. The van der Waals surface area contributed by atoms with Crippen LogP contribution in [-0.4, -0.2) is 5.97 Å². The maximum atomic E-state index is 11.2. The zero-order valence-corrected chi connectivity index (χ0v) is 20.8. The van der Waals surface area contributed by atoms with Crippen LogP contribution in [0.15, 0.2) is 78.2 Å². The molecule has 3 aromatic carbocycles. The number of halogens is 1. The fourth-order valence-electron chi connectivity index (χ4n) is 3.35. The van der Waals surface area contributed by atoms with Gasteiger partial charge in [0.25, 0.3) is 0 Å². The maximum absolute atomic E-state index is 11.2. The van der Waals surface area contributed by atoms with Gasteiger partial charge >= 0.3 is 29.6 Å². The molecule has 4 aromatic rings. The van der Waals surface area contributed by atoms with Gasteiger partial charge in [-0.3, -0.25) is 0 Å². The Morgan fingerprint density at radius 2 is 1.77 bits per heavy atom. The van der Waals surface area contributed by atoms with Crippen molar-refractivity contribution < 1.29 is 44.2 Å². The van der Waals surface area contributed by atoms with Gasteiger partial charge in [-0.15, -0.1) is 11.3 Å². The van der Waals surface area contributed by atoms with E-state index in [0.29, 0.717) is 17.2 Å². The first kappa shape index (κ1) is 23.6. The Morgan fingerprint density at radius 1 is 1.00 bits per heavy atom. The Bertz CT molecular complexity index is 1200. The van der Waals surface area contributed by atoms with Crippen molar-refractivity contribution in [3.63, 3.8) is 0 Å². The largest absolute Gasteiger partial charge is 1.00 e. The average Bonchev–Trinajstić information content (AvgIpc) is 3.23. The van der Waals surface area contributed by atoms with E-state index >= 15 is 0 Å². The molecule has 0 fully saturated rings. The summed E-state index contributed by atoms with van der Waals surface area (Å²) in [4.78, 5) is 12.3. The van der Waals surface area contributed by atoms with Gasteiger partial charge in [-0.1, -0.05) is 54.1 Å². The number of carboxylic acids is 1. The number of carboxylic acid groups (broad SMARTS) is 1. The molecule has 0 bridgehead atoms. The number of hydrogen-bond acceptors (Lipinski definition) is 4. The van der Waals surface area contributed by atoms with Gasteiger partial charge in [0, 0.05) is 26.6 Å². The van der Waals surface area contributed by atoms with Crippen LogP contribution in [0.25, 0.3) is 21.6 Å². The monoisotopic (exact) mass is 456 g/mol. The Labute approximate surface area is 212 Å². The first-order valence-corrected chi connectivity index (χ1v) is 10.6. The Kier molecular flexibility index (Phi) is 7.98. The molecule has 31 heavy (non-hydrogen) atoms. The molecule has 3 nitrogen and oxygen atoms in total. The average molecular weight is 457 g/mol. The van der Waals surface area contributed by atoms with Crippen LogP contribution in [0.5, 0.6) is 5.75 Å². The summed E-state index contributed by atoms with van der Waals surface area (Å²) in [6.45, 7) is 2.23. The van der Waals surface area contributed by atoms with Crippen LogP contribution in [0.2, 0.25) is 5.02 Å². The second-order valence-corrected chi connectivity index (χ2v) is 8.25. The number of ether oxygens (including phenoxy) is 1. The summed E-state index contributed by atoms with van der Waals surface area (Å²) >= 11 is 7.89. The van der Waals surface area contributed by atoms with Crippen molar-refractivity contribution in [2.75, 3.05) is 0 Å². The van der Waals surface area contributed by atoms with E-state index in [4.69, 9.17) is 16.3 Å². The van der Waals surface area contributed by atoms with Crippen molar-refractivity contribution in [2.45, 2.75) is 13.5 Å². The van der Waals surface area contributed by atoms with E-state index in [0.717, 1.165) is 32.9 Å². The second-order valence-electron chi connectivity index (χ2n) is 6.90. The van der Waals surface area contributed by atoms with Crippen LogP contribution in [0, 0.1) is 6.92 Å². The molecule has 0 N–H and O–H groups in total. The Hall–Kier alpha value is -2.08. The standard InChI is InChI=1S/C25H19ClO3S.Na/c1-16-13-18(7-9-20(16)25(27)28)24-21(11-12-30-24)22-14-19(26)8-10-23(22)29-15-17-5-3-2-4-6-17;/h2-14H,15H2,1H3,(H,27,28);/q;+1/p-1. The molecule has 0 radical (unpaired) electrons. The number of benzene rings is 3. The third-order valence-electron chi connectivity index (χ3n) is 4.84. The number of aromatic carboxylic acids is 1.